The van der Waals surface area contributed by atoms with Crippen molar-refractivity contribution >= 4 is 34.3 Å². The van der Waals surface area contributed by atoms with Gasteiger partial charge in [0.15, 0.2) is 6.04 Å². The number of hydrogen-bond donors (Lipinski definition) is 3. The third-order valence-electron chi connectivity index (χ3n) is 4.85. The van der Waals surface area contributed by atoms with Gasteiger partial charge in [-0.1, -0.05) is 36.4 Å². The molecule has 2 aromatic carbocycles. The van der Waals surface area contributed by atoms with Gasteiger partial charge in [0.05, 0.1) is 18.9 Å². The second-order valence-electron chi connectivity index (χ2n) is 7.16. The van der Waals surface area contributed by atoms with Gasteiger partial charge in [0.2, 0.25) is 0 Å². The predicted molar refractivity (Wildman–Crippen MR) is 122 cm³/mol. The van der Waals surface area contributed by atoms with E-state index in [1.54, 1.807) is 61.5 Å². The van der Waals surface area contributed by atoms with Crippen LogP contribution in [0, 0.1) is 0 Å². The number of fused-ring (bicyclic) bond motifs is 1. The Kier molecular flexibility index (Phi) is 7.64. The summed E-state index contributed by atoms with van der Waals surface area (Å²) in [5.41, 5.74) is 2.99. The molecule has 2 amide bonds. The van der Waals surface area contributed by atoms with Crippen LogP contribution in [-0.4, -0.2) is 40.8 Å². The molecule has 1 aromatic heterocycles. The number of carbonyl (C=O) groups is 3. The average Bonchev–Trinajstić information content (AvgIpc) is 2.85. The number of rotatable bonds is 8. The van der Waals surface area contributed by atoms with Crippen molar-refractivity contribution in [2.45, 2.75) is 25.8 Å². The van der Waals surface area contributed by atoms with E-state index in [1.807, 2.05) is 0 Å². The van der Waals surface area contributed by atoms with Crippen LogP contribution in [0.3, 0.4) is 0 Å². The molecular weight excluding hydrogens is 426 g/mol. The lowest BCUT2D eigenvalue weighted by atomic mass is 10.0. The van der Waals surface area contributed by atoms with Crippen LogP contribution < -0.4 is 16.3 Å². The van der Waals surface area contributed by atoms with Crippen molar-refractivity contribution in [3.8, 4) is 0 Å². The summed E-state index contributed by atoms with van der Waals surface area (Å²) in [6.07, 6.45) is 0.399. The number of H-pyrrole nitrogens is 1. The van der Waals surface area contributed by atoms with Crippen LogP contribution in [0.2, 0.25) is 0 Å². The zero-order valence-electron chi connectivity index (χ0n) is 18.1. The van der Waals surface area contributed by atoms with E-state index in [0.717, 1.165) is 0 Å². The summed E-state index contributed by atoms with van der Waals surface area (Å²) in [5, 5.41) is 13.8. The van der Waals surface area contributed by atoms with E-state index in [4.69, 9.17) is 0 Å². The van der Waals surface area contributed by atoms with Crippen LogP contribution in [0.1, 0.15) is 41.9 Å². The van der Waals surface area contributed by atoms with E-state index in [2.05, 4.69) is 30.8 Å². The highest BCUT2D eigenvalue weighted by Gasteiger charge is 2.27. The molecule has 0 saturated heterocycles. The van der Waals surface area contributed by atoms with Gasteiger partial charge in [-0.05, 0) is 31.5 Å². The molecule has 0 fully saturated rings. The number of esters is 1. The molecule has 3 N–H and O–H groups in total. The van der Waals surface area contributed by atoms with Crippen molar-refractivity contribution in [2.24, 2.45) is 5.10 Å². The average molecular weight is 449 g/mol. The van der Waals surface area contributed by atoms with Gasteiger partial charge in [-0.15, -0.1) is 0 Å². The zero-order valence-corrected chi connectivity index (χ0v) is 18.1. The van der Waals surface area contributed by atoms with Crippen LogP contribution in [0.25, 0.3) is 10.8 Å². The molecule has 0 spiro atoms. The van der Waals surface area contributed by atoms with Crippen molar-refractivity contribution in [1.82, 2.24) is 20.9 Å². The van der Waals surface area contributed by atoms with Gasteiger partial charge in [0.25, 0.3) is 17.4 Å². The second-order valence-corrected chi connectivity index (χ2v) is 7.16. The number of nitrogens with zero attached hydrogens (tertiary/aromatic N) is 2. The van der Waals surface area contributed by atoms with E-state index >= 15 is 0 Å². The molecule has 0 aliphatic heterocycles. The third-order valence-corrected chi connectivity index (χ3v) is 4.85. The fourth-order valence-electron chi connectivity index (χ4n) is 3.07. The molecule has 1 atom stereocenters. The number of benzene rings is 2. The first-order valence-electron chi connectivity index (χ1n) is 10.1. The molecule has 0 bridgehead atoms. The summed E-state index contributed by atoms with van der Waals surface area (Å²) in [6.45, 7) is 1.65. The van der Waals surface area contributed by atoms with Gasteiger partial charge in [-0.25, -0.2) is 10.5 Å². The summed E-state index contributed by atoms with van der Waals surface area (Å²) in [4.78, 5) is 49.4. The van der Waals surface area contributed by atoms with Gasteiger partial charge in [0, 0.05) is 16.7 Å². The van der Waals surface area contributed by atoms with Crippen LogP contribution in [-0.2, 0) is 14.3 Å². The molecule has 33 heavy (non-hydrogen) atoms. The summed E-state index contributed by atoms with van der Waals surface area (Å²) >= 11 is 0. The Morgan fingerprint density at radius 2 is 1.70 bits per heavy atom. The summed E-state index contributed by atoms with van der Waals surface area (Å²) < 4.78 is 4.59. The molecule has 1 heterocycles. The second kappa shape index (κ2) is 10.8. The number of ether oxygens (including phenoxy) is 1. The Hall–Kier alpha value is -4.34. The largest absolute Gasteiger partial charge is 0.469 e. The van der Waals surface area contributed by atoms with E-state index in [-0.39, 0.29) is 18.5 Å². The maximum Gasteiger partial charge on any atom is 0.305 e. The van der Waals surface area contributed by atoms with Crippen molar-refractivity contribution in [3.05, 3.63) is 76.2 Å². The Morgan fingerprint density at radius 1 is 1.03 bits per heavy atom. The van der Waals surface area contributed by atoms with Crippen LogP contribution in [0.5, 0.6) is 0 Å². The predicted octanol–water partition coefficient (Wildman–Crippen LogP) is 1.84. The molecule has 0 aliphatic carbocycles. The van der Waals surface area contributed by atoms with E-state index in [0.29, 0.717) is 22.0 Å². The quantitative estimate of drug-likeness (QED) is 0.272. The zero-order chi connectivity index (χ0) is 23.8. The number of hydrogen-bond acceptors (Lipinski definition) is 7. The Bertz CT molecular complexity index is 1250. The van der Waals surface area contributed by atoms with Crippen LogP contribution >= 0.6 is 0 Å². The highest BCUT2D eigenvalue weighted by atomic mass is 16.5. The molecule has 10 nitrogen and oxygen atoms in total. The minimum absolute atomic E-state index is 0.113. The lowest BCUT2D eigenvalue weighted by molar-refractivity contribution is -0.140. The fraction of sp³-hybridized carbons (Fsp3) is 0.217. The van der Waals surface area contributed by atoms with E-state index < -0.39 is 29.4 Å². The number of aromatic nitrogens is 2. The van der Waals surface area contributed by atoms with Gasteiger partial charge in [-0.2, -0.15) is 10.2 Å². The maximum absolute atomic E-state index is 13.1. The molecule has 3 aromatic rings. The molecule has 0 radical (unpaired) electrons. The highest BCUT2D eigenvalue weighted by molar-refractivity contribution is 5.99. The van der Waals surface area contributed by atoms with Gasteiger partial charge in [0.1, 0.15) is 5.69 Å². The monoisotopic (exact) mass is 449 g/mol. The molecule has 10 heteroatoms. The van der Waals surface area contributed by atoms with Gasteiger partial charge >= 0.3 is 5.97 Å². The Morgan fingerprint density at radius 3 is 2.39 bits per heavy atom. The van der Waals surface area contributed by atoms with Crippen LogP contribution in [0.15, 0.2) is 64.5 Å². The minimum Gasteiger partial charge on any atom is -0.469 e. The normalized spacial score (nSPS) is 12.1. The minimum atomic E-state index is -1.25. The molecule has 1 unspecified atom stereocenters. The number of amides is 2. The SMILES string of the molecule is COC(=O)CCC(C)=NNC(=O)C(NC(=O)c1ccccc1)c1n[nH]c(=O)c2ccccc12. The molecule has 3 rings (SSSR count). The third kappa shape index (κ3) is 5.88. The molecule has 170 valence electrons. The Labute approximate surface area is 189 Å². The summed E-state index contributed by atoms with van der Waals surface area (Å²) in [5.74, 6) is -1.56. The molecular formula is C23H23N5O5. The first-order valence-corrected chi connectivity index (χ1v) is 10.1. The number of hydrazone groups is 1. The molecule has 0 aliphatic rings. The van der Waals surface area contributed by atoms with Crippen molar-refractivity contribution < 1.29 is 19.1 Å². The fourth-order valence-corrected chi connectivity index (χ4v) is 3.07. The van der Waals surface area contributed by atoms with Crippen molar-refractivity contribution in [1.29, 1.82) is 0 Å². The van der Waals surface area contributed by atoms with Gasteiger partial charge < -0.3 is 10.1 Å². The number of methoxy groups -OCH3 is 1. The first kappa shape index (κ1) is 23.3. The van der Waals surface area contributed by atoms with Crippen molar-refractivity contribution in [2.75, 3.05) is 7.11 Å². The first-order chi connectivity index (χ1) is 15.9. The lowest BCUT2D eigenvalue weighted by Crippen LogP contribution is -2.40. The summed E-state index contributed by atoms with van der Waals surface area (Å²) in [7, 11) is 1.29. The van der Waals surface area contributed by atoms with Gasteiger partial charge in [-0.3, -0.25) is 19.2 Å². The summed E-state index contributed by atoms with van der Waals surface area (Å²) in [6, 6.07) is 13.8. The standard InChI is InChI=1S/C23H23N5O5/c1-14(12-13-18(29)33-2)25-28-23(32)20(24-21(30)15-8-4-3-5-9-15)19-16-10-6-7-11-17(16)22(31)27-26-19/h3-11,20H,12-13H2,1-2H3,(H,24,30)(H,27,31)(H,28,32). The molecule has 0 saturated carbocycles. The van der Waals surface area contributed by atoms with E-state index in [1.165, 1.54) is 7.11 Å². The number of nitrogens with one attached hydrogen (secondary N) is 3. The number of carbonyl (C=O) groups excluding carboxylic acids is 3. The Balaban J connectivity index is 1.92. The van der Waals surface area contributed by atoms with E-state index in [9.17, 15) is 19.2 Å². The highest BCUT2D eigenvalue weighted by Crippen LogP contribution is 2.20. The van der Waals surface area contributed by atoms with Crippen LogP contribution in [0.4, 0.5) is 0 Å². The maximum atomic E-state index is 13.1. The number of aromatic amines is 1. The smallest absolute Gasteiger partial charge is 0.305 e. The topological polar surface area (TPSA) is 143 Å². The lowest BCUT2D eigenvalue weighted by Gasteiger charge is -2.18. The van der Waals surface area contributed by atoms with Crippen molar-refractivity contribution in [3.63, 3.8) is 0 Å².